The van der Waals surface area contributed by atoms with E-state index in [9.17, 15) is 4.79 Å². The number of carbonyl (C=O) groups is 1. The maximum atomic E-state index is 12.5. The average molecular weight is 410 g/mol. The van der Waals surface area contributed by atoms with Gasteiger partial charge in [-0.2, -0.15) is 0 Å². The van der Waals surface area contributed by atoms with Crippen LogP contribution < -0.4 is 19.7 Å². The Morgan fingerprint density at radius 2 is 1.70 bits per heavy atom. The minimum Gasteiger partial charge on any atom is -0.454 e. The molecule has 2 aromatic carbocycles. The molecule has 1 N–H and O–H groups in total. The third-order valence-corrected chi connectivity index (χ3v) is 5.79. The summed E-state index contributed by atoms with van der Waals surface area (Å²) < 4.78 is 11.1. The molecule has 0 bridgehead atoms. The molecule has 2 heterocycles. The van der Waals surface area contributed by atoms with Crippen LogP contribution in [0.1, 0.15) is 32.4 Å². The van der Waals surface area contributed by atoms with Crippen LogP contribution in [0.25, 0.3) is 0 Å². The van der Waals surface area contributed by atoms with Crippen molar-refractivity contribution in [1.82, 2.24) is 10.2 Å². The zero-order valence-electron chi connectivity index (χ0n) is 18.1. The molecule has 160 valence electrons. The van der Waals surface area contributed by atoms with Gasteiger partial charge in [-0.3, -0.25) is 9.69 Å². The number of anilines is 1. The van der Waals surface area contributed by atoms with Crippen molar-refractivity contribution in [2.75, 3.05) is 44.4 Å². The van der Waals surface area contributed by atoms with E-state index in [1.807, 2.05) is 32.9 Å². The van der Waals surface area contributed by atoms with Gasteiger partial charge in [-0.25, -0.2) is 0 Å². The van der Waals surface area contributed by atoms with Crippen LogP contribution in [0.3, 0.4) is 0 Å². The number of nitrogens with one attached hydrogen (secondary N) is 1. The molecule has 0 spiro atoms. The number of rotatable bonds is 5. The van der Waals surface area contributed by atoms with Gasteiger partial charge in [0, 0.05) is 43.8 Å². The van der Waals surface area contributed by atoms with E-state index in [0.29, 0.717) is 6.54 Å². The zero-order chi connectivity index (χ0) is 21.1. The van der Waals surface area contributed by atoms with Crippen LogP contribution in [0, 0.1) is 5.41 Å². The van der Waals surface area contributed by atoms with Crippen molar-refractivity contribution < 1.29 is 14.3 Å². The van der Waals surface area contributed by atoms with Gasteiger partial charge in [0.15, 0.2) is 11.5 Å². The monoisotopic (exact) mass is 409 g/mol. The molecule has 2 aromatic rings. The Labute approximate surface area is 178 Å². The van der Waals surface area contributed by atoms with Gasteiger partial charge in [0.2, 0.25) is 12.7 Å². The van der Waals surface area contributed by atoms with E-state index in [1.165, 1.54) is 5.69 Å². The van der Waals surface area contributed by atoms with E-state index in [1.54, 1.807) is 0 Å². The van der Waals surface area contributed by atoms with Gasteiger partial charge in [-0.05, 0) is 29.8 Å². The molecule has 4 rings (SSSR count). The second kappa shape index (κ2) is 8.56. The topological polar surface area (TPSA) is 54.0 Å². The molecule has 1 amide bonds. The summed E-state index contributed by atoms with van der Waals surface area (Å²) in [4.78, 5) is 17.4. The maximum absolute atomic E-state index is 12.5. The second-order valence-electron chi connectivity index (χ2n) is 8.95. The molecule has 0 aromatic heterocycles. The number of carbonyl (C=O) groups excluding carboxylic acids is 1. The smallest absolute Gasteiger partial charge is 0.231 e. The fourth-order valence-corrected chi connectivity index (χ4v) is 3.96. The Morgan fingerprint density at radius 3 is 2.40 bits per heavy atom. The first kappa shape index (κ1) is 20.5. The molecule has 0 radical (unpaired) electrons. The number of para-hydroxylation sites is 1. The van der Waals surface area contributed by atoms with Gasteiger partial charge in [0.1, 0.15) is 0 Å². The highest BCUT2D eigenvalue weighted by atomic mass is 16.7. The van der Waals surface area contributed by atoms with Crippen LogP contribution in [0.2, 0.25) is 0 Å². The first-order valence-corrected chi connectivity index (χ1v) is 10.6. The molecule has 1 fully saturated rings. The quantitative estimate of drug-likeness (QED) is 0.820. The van der Waals surface area contributed by atoms with Crippen LogP contribution in [-0.2, 0) is 4.79 Å². The lowest BCUT2D eigenvalue weighted by molar-refractivity contribution is -0.128. The number of fused-ring (bicyclic) bond motifs is 1. The van der Waals surface area contributed by atoms with Crippen molar-refractivity contribution in [2.24, 2.45) is 5.41 Å². The third-order valence-electron chi connectivity index (χ3n) is 5.79. The molecule has 0 saturated carbocycles. The van der Waals surface area contributed by atoms with E-state index in [2.05, 4.69) is 51.5 Å². The van der Waals surface area contributed by atoms with Crippen LogP contribution >= 0.6 is 0 Å². The summed E-state index contributed by atoms with van der Waals surface area (Å²) in [5, 5.41) is 3.16. The first-order valence-electron chi connectivity index (χ1n) is 10.6. The minimum absolute atomic E-state index is 0.0659. The van der Waals surface area contributed by atoms with Crippen molar-refractivity contribution >= 4 is 11.6 Å². The summed E-state index contributed by atoms with van der Waals surface area (Å²) in [6, 6.07) is 16.7. The fraction of sp³-hybridized carbons (Fsp3) is 0.458. The Bertz CT molecular complexity index is 871. The predicted molar refractivity (Wildman–Crippen MR) is 118 cm³/mol. The summed E-state index contributed by atoms with van der Waals surface area (Å²) in [6.07, 6.45) is 0. The summed E-state index contributed by atoms with van der Waals surface area (Å²) in [5.41, 5.74) is 1.99. The molecule has 0 aliphatic carbocycles. The van der Waals surface area contributed by atoms with Crippen LogP contribution in [0.15, 0.2) is 48.5 Å². The molecular formula is C24H31N3O3. The Balaban J connectivity index is 1.49. The second-order valence-corrected chi connectivity index (χ2v) is 8.95. The van der Waals surface area contributed by atoms with Gasteiger partial charge in [0.05, 0.1) is 6.04 Å². The number of hydrogen-bond acceptors (Lipinski definition) is 5. The van der Waals surface area contributed by atoms with E-state index < -0.39 is 5.41 Å². The van der Waals surface area contributed by atoms with Crippen LogP contribution in [0.4, 0.5) is 5.69 Å². The highest BCUT2D eigenvalue weighted by Crippen LogP contribution is 2.36. The van der Waals surface area contributed by atoms with Gasteiger partial charge >= 0.3 is 0 Å². The summed E-state index contributed by atoms with van der Waals surface area (Å²) in [7, 11) is 0. The summed E-state index contributed by atoms with van der Waals surface area (Å²) in [5.74, 6) is 1.63. The Morgan fingerprint density at radius 1 is 1.00 bits per heavy atom. The highest BCUT2D eigenvalue weighted by Gasteiger charge is 2.29. The van der Waals surface area contributed by atoms with Crippen molar-refractivity contribution in [1.29, 1.82) is 0 Å². The van der Waals surface area contributed by atoms with Crippen molar-refractivity contribution in [3.05, 3.63) is 54.1 Å². The van der Waals surface area contributed by atoms with E-state index >= 15 is 0 Å². The van der Waals surface area contributed by atoms with Crippen molar-refractivity contribution in [3.63, 3.8) is 0 Å². The predicted octanol–water partition coefficient (Wildman–Crippen LogP) is 3.44. The highest BCUT2D eigenvalue weighted by molar-refractivity contribution is 5.81. The van der Waals surface area contributed by atoms with E-state index in [0.717, 1.165) is 43.2 Å². The lowest BCUT2D eigenvalue weighted by atomic mass is 9.95. The molecule has 1 saturated heterocycles. The van der Waals surface area contributed by atoms with Gasteiger partial charge in [-0.1, -0.05) is 45.0 Å². The number of nitrogens with zero attached hydrogens (tertiary/aromatic N) is 2. The molecule has 30 heavy (non-hydrogen) atoms. The number of amides is 1. The fourth-order valence-electron chi connectivity index (χ4n) is 3.96. The molecular weight excluding hydrogens is 378 g/mol. The molecule has 6 heteroatoms. The molecule has 1 unspecified atom stereocenters. The zero-order valence-corrected chi connectivity index (χ0v) is 18.1. The Kier molecular flexibility index (Phi) is 5.86. The van der Waals surface area contributed by atoms with E-state index in [-0.39, 0.29) is 18.7 Å². The average Bonchev–Trinajstić information content (AvgIpc) is 3.22. The molecule has 2 aliphatic rings. The minimum atomic E-state index is -0.411. The van der Waals surface area contributed by atoms with E-state index in [4.69, 9.17) is 9.47 Å². The van der Waals surface area contributed by atoms with Gasteiger partial charge in [0.25, 0.3) is 0 Å². The van der Waals surface area contributed by atoms with Gasteiger partial charge in [-0.15, -0.1) is 0 Å². The normalized spacial score (nSPS) is 17.6. The largest absolute Gasteiger partial charge is 0.454 e. The number of hydrogen-bond donors (Lipinski definition) is 1. The first-order chi connectivity index (χ1) is 14.4. The maximum Gasteiger partial charge on any atom is 0.231 e. The van der Waals surface area contributed by atoms with Crippen LogP contribution in [-0.4, -0.2) is 50.3 Å². The van der Waals surface area contributed by atoms with Crippen molar-refractivity contribution in [2.45, 2.75) is 26.8 Å². The SMILES string of the molecule is CC(C)(C)C(=O)NCC(c1ccc2c(c1)OCO2)N1CCN(c2ccccc2)CC1. The molecule has 2 aliphatic heterocycles. The van der Waals surface area contributed by atoms with Crippen molar-refractivity contribution in [3.8, 4) is 11.5 Å². The lowest BCUT2D eigenvalue weighted by Crippen LogP contribution is -2.50. The lowest BCUT2D eigenvalue weighted by Gasteiger charge is -2.40. The summed E-state index contributed by atoms with van der Waals surface area (Å²) >= 11 is 0. The number of ether oxygens (including phenoxy) is 2. The Hall–Kier alpha value is -2.73. The standard InChI is InChI=1S/C24H31N3O3/c1-24(2,3)23(28)25-16-20(18-9-10-21-22(15-18)30-17-29-21)27-13-11-26(12-14-27)19-7-5-4-6-8-19/h4-10,15,20H,11-14,16-17H2,1-3H3,(H,25,28). The van der Waals surface area contributed by atoms with Gasteiger partial charge < -0.3 is 19.7 Å². The molecule has 6 nitrogen and oxygen atoms in total. The molecule has 1 atom stereocenters. The van der Waals surface area contributed by atoms with Crippen LogP contribution in [0.5, 0.6) is 11.5 Å². The third kappa shape index (κ3) is 4.54. The summed E-state index contributed by atoms with van der Waals surface area (Å²) in [6.45, 7) is 10.4. The number of piperazine rings is 1. The number of benzene rings is 2.